The molecular weight excluding hydrogens is 278 g/mol. The van der Waals surface area contributed by atoms with E-state index in [0.717, 1.165) is 18.4 Å². The lowest BCUT2D eigenvalue weighted by atomic mass is 10.00. The molecule has 0 aliphatic carbocycles. The normalized spacial score (nSPS) is 18.6. The Morgan fingerprint density at radius 1 is 1.18 bits per heavy atom. The Kier molecular flexibility index (Phi) is 5.55. The standard InChI is InChI=1S/C17H25N3O2/c1-12(13(2)18)16(21)19-15-8-10-20(11-9-15)17(22)14-6-4-3-5-7-14/h3-7,12-13,15H,8-11,18H2,1-2H3,(H,19,21). The van der Waals surface area contributed by atoms with Crippen molar-refractivity contribution in [2.75, 3.05) is 13.1 Å². The van der Waals surface area contributed by atoms with Gasteiger partial charge >= 0.3 is 0 Å². The van der Waals surface area contributed by atoms with Crippen LogP contribution in [0, 0.1) is 5.92 Å². The van der Waals surface area contributed by atoms with E-state index in [-0.39, 0.29) is 29.8 Å². The highest BCUT2D eigenvalue weighted by Gasteiger charge is 2.26. The van der Waals surface area contributed by atoms with E-state index in [9.17, 15) is 9.59 Å². The Hall–Kier alpha value is -1.88. The van der Waals surface area contributed by atoms with Crippen LogP contribution in [0.25, 0.3) is 0 Å². The van der Waals surface area contributed by atoms with E-state index >= 15 is 0 Å². The van der Waals surface area contributed by atoms with Gasteiger partial charge in [0.2, 0.25) is 5.91 Å². The van der Waals surface area contributed by atoms with Gasteiger partial charge in [-0.1, -0.05) is 25.1 Å². The molecule has 1 fully saturated rings. The van der Waals surface area contributed by atoms with E-state index in [2.05, 4.69) is 5.32 Å². The van der Waals surface area contributed by atoms with Gasteiger partial charge in [0.05, 0.1) is 0 Å². The number of nitrogens with zero attached hydrogens (tertiary/aromatic N) is 1. The zero-order valence-corrected chi connectivity index (χ0v) is 13.3. The first kappa shape index (κ1) is 16.5. The molecule has 1 aliphatic rings. The van der Waals surface area contributed by atoms with Crippen LogP contribution in [-0.4, -0.2) is 41.9 Å². The minimum absolute atomic E-state index is 0.00263. The van der Waals surface area contributed by atoms with E-state index in [0.29, 0.717) is 13.1 Å². The summed E-state index contributed by atoms with van der Waals surface area (Å²) in [6.45, 7) is 5.02. The maximum absolute atomic E-state index is 12.3. The topological polar surface area (TPSA) is 75.4 Å². The molecule has 0 spiro atoms. The summed E-state index contributed by atoms with van der Waals surface area (Å²) in [6, 6.07) is 9.29. The van der Waals surface area contributed by atoms with Crippen LogP contribution in [0.5, 0.6) is 0 Å². The van der Waals surface area contributed by atoms with Crippen molar-refractivity contribution in [1.82, 2.24) is 10.2 Å². The second kappa shape index (κ2) is 7.40. The Bertz CT molecular complexity index is 508. The average Bonchev–Trinajstić information content (AvgIpc) is 2.54. The summed E-state index contributed by atoms with van der Waals surface area (Å²) < 4.78 is 0. The van der Waals surface area contributed by atoms with Crippen molar-refractivity contribution in [3.05, 3.63) is 35.9 Å². The van der Waals surface area contributed by atoms with Gasteiger partial charge in [0.25, 0.3) is 5.91 Å². The minimum atomic E-state index is -0.191. The molecule has 2 atom stereocenters. The molecule has 0 saturated carbocycles. The van der Waals surface area contributed by atoms with Gasteiger partial charge < -0.3 is 16.0 Å². The number of nitrogens with one attached hydrogen (secondary N) is 1. The quantitative estimate of drug-likeness (QED) is 0.882. The van der Waals surface area contributed by atoms with Gasteiger partial charge in [-0.3, -0.25) is 9.59 Å². The zero-order chi connectivity index (χ0) is 16.1. The van der Waals surface area contributed by atoms with Gasteiger partial charge in [-0.25, -0.2) is 0 Å². The molecule has 2 unspecified atom stereocenters. The Morgan fingerprint density at radius 2 is 1.77 bits per heavy atom. The molecule has 1 aromatic carbocycles. The smallest absolute Gasteiger partial charge is 0.253 e. The van der Waals surface area contributed by atoms with Gasteiger partial charge in [-0.15, -0.1) is 0 Å². The van der Waals surface area contributed by atoms with Crippen LogP contribution < -0.4 is 11.1 Å². The summed E-state index contributed by atoms with van der Waals surface area (Å²) in [6.07, 6.45) is 1.58. The molecule has 1 saturated heterocycles. The number of hydrogen-bond donors (Lipinski definition) is 2. The number of hydrogen-bond acceptors (Lipinski definition) is 3. The fourth-order valence-electron chi connectivity index (χ4n) is 2.56. The first-order valence-electron chi connectivity index (χ1n) is 7.89. The van der Waals surface area contributed by atoms with Crippen molar-refractivity contribution in [3.63, 3.8) is 0 Å². The third-order valence-electron chi connectivity index (χ3n) is 4.35. The molecule has 0 radical (unpaired) electrons. The van der Waals surface area contributed by atoms with Crippen molar-refractivity contribution >= 4 is 11.8 Å². The van der Waals surface area contributed by atoms with Gasteiger partial charge in [-0.2, -0.15) is 0 Å². The molecule has 2 amide bonds. The fourth-order valence-corrected chi connectivity index (χ4v) is 2.56. The molecule has 1 heterocycles. The summed E-state index contributed by atoms with van der Waals surface area (Å²) in [5.41, 5.74) is 6.47. The monoisotopic (exact) mass is 303 g/mol. The number of nitrogens with two attached hydrogens (primary N) is 1. The number of amides is 2. The third-order valence-corrected chi connectivity index (χ3v) is 4.35. The third kappa shape index (κ3) is 4.07. The van der Waals surface area contributed by atoms with Crippen molar-refractivity contribution in [2.24, 2.45) is 11.7 Å². The lowest BCUT2D eigenvalue weighted by molar-refractivity contribution is -0.125. The lowest BCUT2D eigenvalue weighted by Crippen LogP contribution is -2.49. The van der Waals surface area contributed by atoms with Gasteiger partial charge in [0.15, 0.2) is 0 Å². The first-order chi connectivity index (χ1) is 10.5. The van der Waals surface area contributed by atoms with E-state index < -0.39 is 0 Å². The van der Waals surface area contributed by atoms with Gasteiger partial charge in [-0.05, 0) is 31.9 Å². The highest BCUT2D eigenvalue weighted by Crippen LogP contribution is 2.14. The number of rotatable bonds is 4. The molecule has 120 valence electrons. The molecule has 22 heavy (non-hydrogen) atoms. The van der Waals surface area contributed by atoms with Crippen LogP contribution in [-0.2, 0) is 4.79 Å². The fraction of sp³-hybridized carbons (Fsp3) is 0.529. The average molecular weight is 303 g/mol. The van der Waals surface area contributed by atoms with Crippen LogP contribution in [0.3, 0.4) is 0 Å². The lowest BCUT2D eigenvalue weighted by Gasteiger charge is -2.33. The van der Waals surface area contributed by atoms with E-state index in [4.69, 9.17) is 5.73 Å². The predicted octanol–water partition coefficient (Wildman–Crippen LogP) is 1.39. The van der Waals surface area contributed by atoms with Gasteiger partial charge in [0, 0.05) is 36.7 Å². The molecule has 3 N–H and O–H groups in total. The second-order valence-electron chi connectivity index (χ2n) is 6.09. The van der Waals surface area contributed by atoms with E-state index in [1.807, 2.05) is 49.1 Å². The van der Waals surface area contributed by atoms with Crippen molar-refractivity contribution in [1.29, 1.82) is 0 Å². The highest BCUT2D eigenvalue weighted by molar-refractivity contribution is 5.94. The molecule has 0 bridgehead atoms. The van der Waals surface area contributed by atoms with E-state index in [1.165, 1.54) is 0 Å². The van der Waals surface area contributed by atoms with Crippen molar-refractivity contribution in [2.45, 2.75) is 38.8 Å². The number of carbonyl (C=O) groups is 2. The zero-order valence-electron chi connectivity index (χ0n) is 13.3. The van der Waals surface area contributed by atoms with Crippen molar-refractivity contribution in [3.8, 4) is 0 Å². The molecule has 5 nitrogen and oxygen atoms in total. The highest BCUT2D eigenvalue weighted by atomic mass is 16.2. The van der Waals surface area contributed by atoms with Gasteiger partial charge in [0.1, 0.15) is 0 Å². The maximum Gasteiger partial charge on any atom is 0.253 e. The Balaban J connectivity index is 1.83. The number of carbonyl (C=O) groups excluding carboxylic acids is 2. The van der Waals surface area contributed by atoms with E-state index in [1.54, 1.807) is 0 Å². The molecular formula is C17H25N3O2. The number of piperidine rings is 1. The van der Waals surface area contributed by atoms with Crippen molar-refractivity contribution < 1.29 is 9.59 Å². The van der Waals surface area contributed by atoms with Crippen LogP contribution in [0.15, 0.2) is 30.3 Å². The summed E-state index contributed by atoms with van der Waals surface area (Å²) in [4.78, 5) is 26.2. The second-order valence-corrected chi connectivity index (χ2v) is 6.09. The van der Waals surface area contributed by atoms with Crippen LogP contribution in [0.1, 0.15) is 37.0 Å². The molecule has 1 aliphatic heterocycles. The largest absolute Gasteiger partial charge is 0.353 e. The van der Waals surface area contributed by atoms with Crippen LogP contribution >= 0.6 is 0 Å². The first-order valence-corrected chi connectivity index (χ1v) is 7.89. The number of benzene rings is 1. The maximum atomic E-state index is 12.3. The summed E-state index contributed by atoms with van der Waals surface area (Å²) in [5, 5.41) is 3.04. The SMILES string of the molecule is CC(N)C(C)C(=O)NC1CCN(C(=O)c2ccccc2)CC1. The Labute approximate surface area is 131 Å². The molecule has 1 aromatic rings. The van der Waals surface area contributed by atoms with Crippen LogP contribution in [0.2, 0.25) is 0 Å². The summed E-state index contributed by atoms with van der Waals surface area (Å²) >= 11 is 0. The summed E-state index contributed by atoms with van der Waals surface area (Å²) in [7, 11) is 0. The molecule has 2 rings (SSSR count). The molecule has 0 aromatic heterocycles. The Morgan fingerprint density at radius 3 is 2.32 bits per heavy atom. The predicted molar refractivity (Wildman–Crippen MR) is 86.3 cm³/mol. The minimum Gasteiger partial charge on any atom is -0.353 e. The summed E-state index contributed by atoms with van der Waals surface area (Å²) in [5.74, 6) is -0.124. The number of likely N-dealkylation sites (tertiary alicyclic amines) is 1. The van der Waals surface area contributed by atoms with Crippen LogP contribution in [0.4, 0.5) is 0 Å². The molecule has 5 heteroatoms.